The van der Waals surface area contributed by atoms with Crippen molar-refractivity contribution < 1.29 is 9.18 Å². The minimum atomic E-state index is -0.405. The number of carbonyl (C=O) groups is 1. The molecule has 1 aromatic rings. The second-order valence-corrected chi connectivity index (χ2v) is 5.01. The zero-order valence-corrected chi connectivity index (χ0v) is 11.3. The van der Waals surface area contributed by atoms with Gasteiger partial charge >= 0.3 is 0 Å². The van der Waals surface area contributed by atoms with Gasteiger partial charge in [-0.1, -0.05) is 39.8 Å². The predicted molar refractivity (Wildman–Crippen MR) is 72.2 cm³/mol. The number of allylic oxidation sites excluding steroid dienone is 1. The van der Waals surface area contributed by atoms with Crippen molar-refractivity contribution in [2.24, 2.45) is 17.6 Å². The fourth-order valence-electron chi connectivity index (χ4n) is 2.16. The van der Waals surface area contributed by atoms with Crippen LogP contribution in [-0.2, 0) is 4.79 Å². The number of rotatable bonds is 4. The van der Waals surface area contributed by atoms with Crippen LogP contribution in [0.25, 0.3) is 5.57 Å². The van der Waals surface area contributed by atoms with Crippen LogP contribution in [0.15, 0.2) is 29.8 Å². The Hall–Kier alpha value is -1.64. The second-order valence-electron chi connectivity index (χ2n) is 5.01. The number of nitrogens with two attached hydrogens (primary N) is 1. The number of halogens is 1. The van der Waals surface area contributed by atoms with Crippen LogP contribution in [0.4, 0.5) is 4.39 Å². The average Bonchev–Trinajstić information content (AvgIpc) is 2.25. The van der Waals surface area contributed by atoms with Gasteiger partial charge in [0, 0.05) is 5.57 Å². The average molecular weight is 249 g/mol. The largest absolute Gasteiger partial charge is 0.366 e. The number of carbonyl (C=O) groups excluding carboxylic acids is 1. The van der Waals surface area contributed by atoms with Crippen LogP contribution in [0, 0.1) is 17.7 Å². The third-order valence-corrected chi connectivity index (χ3v) is 2.87. The number of hydrogen-bond acceptors (Lipinski definition) is 1. The van der Waals surface area contributed by atoms with Crippen LogP contribution >= 0.6 is 0 Å². The summed E-state index contributed by atoms with van der Waals surface area (Å²) < 4.78 is 13.0. The highest BCUT2D eigenvalue weighted by atomic mass is 19.1. The molecule has 0 saturated heterocycles. The van der Waals surface area contributed by atoms with Crippen LogP contribution < -0.4 is 5.73 Å². The lowest BCUT2D eigenvalue weighted by atomic mass is 9.85. The first-order valence-electron chi connectivity index (χ1n) is 6.14. The summed E-state index contributed by atoms with van der Waals surface area (Å²) in [6, 6.07) is 6.18. The Bertz CT molecular complexity index is 458. The fraction of sp³-hybridized carbons (Fsp3) is 0.400. The van der Waals surface area contributed by atoms with E-state index in [1.54, 1.807) is 12.1 Å². The highest BCUT2D eigenvalue weighted by molar-refractivity contribution is 6.00. The van der Waals surface area contributed by atoms with Gasteiger partial charge in [-0.05, 0) is 35.1 Å². The maximum absolute atomic E-state index is 13.0. The summed E-state index contributed by atoms with van der Waals surface area (Å²) in [7, 11) is 0. The molecule has 0 spiro atoms. The number of amides is 1. The Kier molecular flexibility index (Phi) is 4.65. The van der Waals surface area contributed by atoms with Crippen LogP contribution in [0.2, 0.25) is 0 Å². The number of benzene rings is 1. The van der Waals surface area contributed by atoms with Crippen LogP contribution in [-0.4, -0.2) is 5.91 Å². The van der Waals surface area contributed by atoms with Crippen LogP contribution in [0.1, 0.15) is 33.3 Å². The van der Waals surface area contributed by atoms with Crippen LogP contribution in [0.3, 0.4) is 0 Å². The van der Waals surface area contributed by atoms with Gasteiger partial charge in [0.05, 0.1) is 0 Å². The van der Waals surface area contributed by atoms with Crippen molar-refractivity contribution in [1.82, 2.24) is 0 Å². The van der Waals surface area contributed by atoms with E-state index in [0.29, 0.717) is 5.57 Å². The molecule has 1 rings (SSSR count). The van der Waals surface area contributed by atoms with Crippen molar-refractivity contribution in [3.05, 3.63) is 41.2 Å². The van der Waals surface area contributed by atoms with E-state index in [1.807, 2.05) is 27.7 Å². The third-order valence-electron chi connectivity index (χ3n) is 2.87. The molecule has 0 heterocycles. The highest BCUT2D eigenvalue weighted by Crippen LogP contribution is 2.30. The normalized spacial score (nSPS) is 12.8. The Morgan fingerprint density at radius 2 is 1.56 bits per heavy atom. The predicted octanol–water partition coefficient (Wildman–Crippen LogP) is 3.38. The van der Waals surface area contributed by atoms with Gasteiger partial charge in [-0.2, -0.15) is 0 Å². The highest BCUT2D eigenvalue weighted by Gasteiger charge is 2.19. The molecule has 2 N–H and O–H groups in total. The molecule has 18 heavy (non-hydrogen) atoms. The summed E-state index contributed by atoms with van der Waals surface area (Å²) in [6.45, 7) is 7.88. The van der Waals surface area contributed by atoms with Crippen molar-refractivity contribution in [2.75, 3.05) is 0 Å². The molecule has 98 valence electrons. The zero-order chi connectivity index (χ0) is 13.9. The van der Waals surface area contributed by atoms with Gasteiger partial charge in [0.2, 0.25) is 5.91 Å². The standard InChI is InChI=1S/C15H20FNO/c1-9(2)13(14(10(3)4)15(17)18)11-5-7-12(16)8-6-11/h5-10H,1-4H3,(H2,17,18). The molecule has 0 saturated carbocycles. The summed E-state index contributed by atoms with van der Waals surface area (Å²) in [4.78, 5) is 11.6. The number of primary amides is 1. The quantitative estimate of drug-likeness (QED) is 0.817. The molecule has 0 atom stereocenters. The molecular weight excluding hydrogens is 229 g/mol. The Morgan fingerprint density at radius 1 is 1.06 bits per heavy atom. The molecule has 0 fully saturated rings. The minimum Gasteiger partial charge on any atom is -0.366 e. The van der Waals surface area contributed by atoms with Gasteiger partial charge < -0.3 is 5.73 Å². The molecule has 0 aliphatic rings. The molecule has 0 aliphatic carbocycles. The monoisotopic (exact) mass is 249 g/mol. The molecule has 3 heteroatoms. The molecule has 1 amide bonds. The first kappa shape index (κ1) is 14.4. The van der Waals surface area contributed by atoms with Crippen molar-refractivity contribution in [3.63, 3.8) is 0 Å². The smallest absolute Gasteiger partial charge is 0.245 e. The van der Waals surface area contributed by atoms with Gasteiger partial charge in [-0.15, -0.1) is 0 Å². The van der Waals surface area contributed by atoms with E-state index >= 15 is 0 Å². The lowest BCUT2D eigenvalue weighted by Gasteiger charge is -2.19. The number of hydrogen-bond donors (Lipinski definition) is 1. The summed E-state index contributed by atoms with van der Waals surface area (Å²) in [6.07, 6.45) is 0. The van der Waals surface area contributed by atoms with Gasteiger partial charge in [0.15, 0.2) is 0 Å². The van der Waals surface area contributed by atoms with Crippen LogP contribution in [0.5, 0.6) is 0 Å². The third kappa shape index (κ3) is 3.19. The maximum atomic E-state index is 13.0. The summed E-state index contributed by atoms with van der Waals surface area (Å²) in [5, 5.41) is 0. The van der Waals surface area contributed by atoms with Gasteiger partial charge in [-0.3, -0.25) is 4.79 Å². The molecular formula is C15H20FNO. The molecule has 0 bridgehead atoms. The zero-order valence-electron chi connectivity index (χ0n) is 11.3. The van der Waals surface area contributed by atoms with Crippen molar-refractivity contribution >= 4 is 11.5 Å². The summed E-state index contributed by atoms with van der Waals surface area (Å²) in [5.41, 5.74) is 7.85. The van der Waals surface area contributed by atoms with E-state index in [9.17, 15) is 9.18 Å². The first-order valence-corrected chi connectivity index (χ1v) is 6.14. The summed E-state index contributed by atoms with van der Waals surface area (Å²) in [5.74, 6) is -0.490. The lowest BCUT2D eigenvalue weighted by molar-refractivity contribution is -0.114. The molecule has 2 nitrogen and oxygen atoms in total. The Balaban J connectivity index is 3.45. The molecule has 0 radical (unpaired) electrons. The minimum absolute atomic E-state index is 0.0463. The fourth-order valence-corrected chi connectivity index (χ4v) is 2.16. The van der Waals surface area contributed by atoms with E-state index < -0.39 is 5.91 Å². The van der Waals surface area contributed by atoms with Gasteiger partial charge in [0.1, 0.15) is 5.82 Å². The molecule has 0 unspecified atom stereocenters. The lowest BCUT2D eigenvalue weighted by Crippen LogP contribution is -2.21. The molecule has 0 aliphatic heterocycles. The van der Waals surface area contributed by atoms with E-state index in [4.69, 9.17) is 5.73 Å². The molecule has 0 aromatic heterocycles. The van der Waals surface area contributed by atoms with E-state index in [0.717, 1.165) is 11.1 Å². The molecule has 1 aromatic carbocycles. The first-order chi connectivity index (χ1) is 8.34. The van der Waals surface area contributed by atoms with E-state index in [1.165, 1.54) is 12.1 Å². The second kappa shape index (κ2) is 5.80. The van der Waals surface area contributed by atoms with Gasteiger partial charge in [0.25, 0.3) is 0 Å². The maximum Gasteiger partial charge on any atom is 0.245 e. The van der Waals surface area contributed by atoms with Crippen molar-refractivity contribution in [3.8, 4) is 0 Å². The van der Waals surface area contributed by atoms with E-state index in [2.05, 4.69) is 0 Å². The van der Waals surface area contributed by atoms with Crippen molar-refractivity contribution in [2.45, 2.75) is 27.7 Å². The van der Waals surface area contributed by atoms with E-state index in [-0.39, 0.29) is 17.7 Å². The van der Waals surface area contributed by atoms with Gasteiger partial charge in [-0.25, -0.2) is 4.39 Å². The Morgan fingerprint density at radius 3 is 1.89 bits per heavy atom. The summed E-state index contributed by atoms with van der Waals surface area (Å²) >= 11 is 0. The SMILES string of the molecule is CC(C)C(C(N)=O)=C(c1ccc(F)cc1)C(C)C. The Labute approximate surface area is 108 Å². The van der Waals surface area contributed by atoms with Crippen molar-refractivity contribution in [1.29, 1.82) is 0 Å². The topological polar surface area (TPSA) is 43.1 Å².